The number of hydrogen-bond acceptors (Lipinski definition) is 5. The Bertz CT molecular complexity index is 639. The molecule has 1 aromatic carbocycles. The molecule has 1 atom stereocenters. The van der Waals surface area contributed by atoms with E-state index in [1.165, 1.54) is 4.88 Å². The maximum Gasteiger partial charge on any atom is 0.101 e. The first-order valence-corrected chi connectivity index (χ1v) is 6.83. The Morgan fingerprint density at radius 2 is 2.16 bits per heavy atom. The Morgan fingerprint density at radius 1 is 1.42 bits per heavy atom. The van der Waals surface area contributed by atoms with Gasteiger partial charge in [0.05, 0.1) is 28.0 Å². The molecule has 0 amide bonds. The van der Waals surface area contributed by atoms with Crippen LogP contribution in [0.4, 0.5) is 11.4 Å². The van der Waals surface area contributed by atoms with Crippen LogP contribution in [0.5, 0.6) is 0 Å². The number of benzene rings is 1. The van der Waals surface area contributed by atoms with E-state index in [4.69, 9.17) is 11.0 Å². The molecule has 5 heteroatoms. The lowest BCUT2D eigenvalue weighted by Crippen LogP contribution is -2.07. The second-order valence-electron chi connectivity index (χ2n) is 4.47. The normalized spacial score (nSPS) is 11.9. The van der Waals surface area contributed by atoms with Crippen LogP contribution in [0, 0.1) is 25.2 Å². The standard InChI is InChI=1S/C14H16N4S/c1-8-14(19-10(3)17-8)9(2)18-13-5-4-12(16)6-11(13)7-15/h4-6,9,18H,16H2,1-3H3. The average molecular weight is 272 g/mol. The molecule has 1 heterocycles. The molecule has 19 heavy (non-hydrogen) atoms. The summed E-state index contributed by atoms with van der Waals surface area (Å²) in [6, 6.07) is 7.58. The van der Waals surface area contributed by atoms with Gasteiger partial charge in [0.2, 0.25) is 0 Å². The van der Waals surface area contributed by atoms with E-state index in [-0.39, 0.29) is 6.04 Å². The zero-order valence-electron chi connectivity index (χ0n) is 11.2. The minimum Gasteiger partial charge on any atom is -0.399 e. The number of nitrogens with two attached hydrogens (primary N) is 1. The third-order valence-corrected chi connectivity index (χ3v) is 4.12. The van der Waals surface area contributed by atoms with Crippen LogP contribution < -0.4 is 11.1 Å². The molecule has 3 N–H and O–H groups in total. The minimum atomic E-state index is 0.113. The smallest absolute Gasteiger partial charge is 0.101 e. The molecule has 4 nitrogen and oxygen atoms in total. The minimum absolute atomic E-state index is 0.113. The summed E-state index contributed by atoms with van der Waals surface area (Å²) in [6.45, 7) is 6.07. The summed E-state index contributed by atoms with van der Waals surface area (Å²) in [5.41, 5.74) is 8.68. The first-order chi connectivity index (χ1) is 9.01. The van der Waals surface area contributed by atoms with Crippen LogP contribution >= 0.6 is 11.3 Å². The molecule has 0 aliphatic rings. The van der Waals surface area contributed by atoms with Crippen molar-refractivity contribution in [3.63, 3.8) is 0 Å². The third kappa shape index (κ3) is 2.85. The number of aromatic nitrogens is 1. The van der Waals surface area contributed by atoms with Crippen LogP contribution in [0.3, 0.4) is 0 Å². The molecule has 0 saturated carbocycles. The van der Waals surface area contributed by atoms with E-state index in [0.717, 1.165) is 16.4 Å². The summed E-state index contributed by atoms with van der Waals surface area (Å²) >= 11 is 1.68. The number of anilines is 2. The lowest BCUT2D eigenvalue weighted by Gasteiger charge is -2.15. The number of aryl methyl sites for hydroxylation is 2. The lowest BCUT2D eigenvalue weighted by molar-refractivity contribution is 0.889. The quantitative estimate of drug-likeness (QED) is 0.840. The van der Waals surface area contributed by atoms with Gasteiger partial charge in [0.25, 0.3) is 0 Å². The van der Waals surface area contributed by atoms with Gasteiger partial charge in [-0.25, -0.2) is 4.98 Å². The van der Waals surface area contributed by atoms with Gasteiger partial charge in [-0.3, -0.25) is 0 Å². The number of thiazole rings is 1. The highest BCUT2D eigenvalue weighted by Gasteiger charge is 2.14. The maximum atomic E-state index is 9.13. The molecule has 0 spiro atoms. The van der Waals surface area contributed by atoms with Crippen molar-refractivity contribution in [2.75, 3.05) is 11.1 Å². The zero-order valence-corrected chi connectivity index (χ0v) is 12.0. The van der Waals surface area contributed by atoms with E-state index in [9.17, 15) is 0 Å². The second kappa shape index (κ2) is 5.29. The van der Waals surface area contributed by atoms with E-state index in [0.29, 0.717) is 11.3 Å². The SMILES string of the molecule is Cc1nc(C)c(C(C)Nc2ccc(N)cc2C#N)s1. The molecule has 0 fully saturated rings. The number of nitrogens with zero attached hydrogens (tertiary/aromatic N) is 2. The highest BCUT2D eigenvalue weighted by Crippen LogP contribution is 2.29. The van der Waals surface area contributed by atoms with Gasteiger partial charge < -0.3 is 11.1 Å². The maximum absolute atomic E-state index is 9.13. The van der Waals surface area contributed by atoms with Crippen LogP contribution in [0.1, 0.15) is 34.1 Å². The summed E-state index contributed by atoms with van der Waals surface area (Å²) in [5.74, 6) is 0. The zero-order chi connectivity index (χ0) is 14.0. The molecule has 0 aliphatic carbocycles. The lowest BCUT2D eigenvalue weighted by atomic mass is 10.1. The van der Waals surface area contributed by atoms with Crippen molar-refractivity contribution < 1.29 is 0 Å². The first kappa shape index (κ1) is 13.4. The molecule has 0 aliphatic heterocycles. The summed E-state index contributed by atoms with van der Waals surface area (Å²) in [6.07, 6.45) is 0. The van der Waals surface area contributed by atoms with Gasteiger partial charge >= 0.3 is 0 Å². The van der Waals surface area contributed by atoms with E-state index in [1.807, 2.05) is 19.9 Å². The van der Waals surface area contributed by atoms with Crippen LogP contribution in [-0.2, 0) is 0 Å². The fraction of sp³-hybridized carbons (Fsp3) is 0.286. The van der Waals surface area contributed by atoms with Gasteiger partial charge in [-0.1, -0.05) is 0 Å². The Hall–Kier alpha value is -2.06. The van der Waals surface area contributed by atoms with Gasteiger partial charge in [0, 0.05) is 10.6 Å². The fourth-order valence-electron chi connectivity index (χ4n) is 2.03. The van der Waals surface area contributed by atoms with Gasteiger partial charge in [0.15, 0.2) is 0 Å². The molecule has 0 saturated heterocycles. The van der Waals surface area contributed by atoms with Crippen molar-refractivity contribution in [2.24, 2.45) is 0 Å². The van der Waals surface area contributed by atoms with Crippen molar-refractivity contribution in [3.8, 4) is 6.07 Å². The highest BCUT2D eigenvalue weighted by molar-refractivity contribution is 7.11. The summed E-state index contributed by atoms with van der Waals surface area (Å²) in [7, 11) is 0. The summed E-state index contributed by atoms with van der Waals surface area (Å²) < 4.78 is 0. The van der Waals surface area contributed by atoms with E-state index in [1.54, 1.807) is 23.5 Å². The Morgan fingerprint density at radius 3 is 2.74 bits per heavy atom. The molecule has 0 radical (unpaired) electrons. The number of nitriles is 1. The number of nitrogen functional groups attached to an aromatic ring is 1. The van der Waals surface area contributed by atoms with Gasteiger partial charge in [-0.15, -0.1) is 11.3 Å². The molecule has 2 rings (SSSR count). The Labute approximate surface area is 116 Å². The van der Waals surface area contributed by atoms with E-state index < -0.39 is 0 Å². The van der Waals surface area contributed by atoms with Crippen molar-refractivity contribution >= 4 is 22.7 Å². The van der Waals surface area contributed by atoms with Crippen molar-refractivity contribution in [1.82, 2.24) is 4.98 Å². The molecular formula is C14H16N4S. The molecule has 0 bridgehead atoms. The number of hydrogen-bond donors (Lipinski definition) is 2. The molecule has 98 valence electrons. The molecular weight excluding hydrogens is 256 g/mol. The topological polar surface area (TPSA) is 74.7 Å². The van der Waals surface area contributed by atoms with E-state index in [2.05, 4.69) is 23.3 Å². The average Bonchev–Trinajstić information content (AvgIpc) is 2.70. The fourth-order valence-corrected chi connectivity index (χ4v) is 2.96. The summed E-state index contributed by atoms with van der Waals surface area (Å²) in [4.78, 5) is 5.62. The molecule has 2 aromatic rings. The second-order valence-corrected chi connectivity index (χ2v) is 5.70. The monoisotopic (exact) mass is 272 g/mol. The summed E-state index contributed by atoms with van der Waals surface area (Å²) in [5, 5.41) is 13.5. The number of rotatable bonds is 3. The van der Waals surface area contributed by atoms with Gasteiger partial charge in [-0.05, 0) is 39.0 Å². The first-order valence-electron chi connectivity index (χ1n) is 6.01. The van der Waals surface area contributed by atoms with Crippen molar-refractivity contribution in [3.05, 3.63) is 39.3 Å². The largest absolute Gasteiger partial charge is 0.399 e. The van der Waals surface area contributed by atoms with Crippen molar-refractivity contribution in [1.29, 1.82) is 5.26 Å². The van der Waals surface area contributed by atoms with Crippen LogP contribution in [0.15, 0.2) is 18.2 Å². The third-order valence-electron chi connectivity index (χ3n) is 2.87. The van der Waals surface area contributed by atoms with Gasteiger partial charge in [-0.2, -0.15) is 5.26 Å². The number of nitrogens with one attached hydrogen (secondary N) is 1. The van der Waals surface area contributed by atoms with Crippen LogP contribution in [0.2, 0.25) is 0 Å². The molecule has 1 unspecified atom stereocenters. The Kier molecular flexibility index (Phi) is 3.72. The van der Waals surface area contributed by atoms with Crippen molar-refractivity contribution in [2.45, 2.75) is 26.8 Å². The van der Waals surface area contributed by atoms with E-state index >= 15 is 0 Å². The highest BCUT2D eigenvalue weighted by atomic mass is 32.1. The van der Waals surface area contributed by atoms with Gasteiger partial charge in [0.1, 0.15) is 6.07 Å². The van der Waals surface area contributed by atoms with Crippen LogP contribution in [-0.4, -0.2) is 4.98 Å². The molecule has 1 aromatic heterocycles. The van der Waals surface area contributed by atoms with Crippen LogP contribution in [0.25, 0.3) is 0 Å². The Balaban J connectivity index is 2.27. The predicted molar refractivity (Wildman–Crippen MR) is 79.2 cm³/mol. The predicted octanol–water partition coefficient (Wildman–Crippen LogP) is 3.39.